The first-order valence-corrected chi connectivity index (χ1v) is 14.7. The van der Waals surface area contributed by atoms with E-state index in [2.05, 4.69) is 16.0 Å². The normalized spacial score (nSPS) is 17.9. The SMILES string of the molecule is NC(=O)[C@H](Cc1ccccc1)NC(=O)[C@H](Cc1ccccc1)NC(=O)[C@@H]1CC=CC[C@H]1NC(=O)[C@@H](N)Cc1ccc(O)cc1. The Bertz CT molecular complexity index is 1450. The number of aromatic hydroxyl groups is 1. The van der Waals surface area contributed by atoms with E-state index >= 15 is 0 Å². The number of carbonyl (C=O) groups excluding carboxylic acids is 4. The van der Waals surface area contributed by atoms with Gasteiger partial charge in [0, 0.05) is 18.9 Å². The zero-order chi connectivity index (χ0) is 31.5. The molecule has 230 valence electrons. The number of rotatable bonds is 13. The first-order chi connectivity index (χ1) is 21.2. The summed E-state index contributed by atoms with van der Waals surface area (Å²) in [5.41, 5.74) is 14.3. The number of primary amides is 1. The minimum absolute atomic E-state index is 0.121. The molecule has 0 fully saturated rings. The Morgan fingerprint density at radius 3 is 1.84 bits per heavy atom. The third-order valence-corrected chi connectivity index (χ3v) is 7.68. The molecule has 0 unspecified atom stereocenters. The summed E-state index contributed by atoms with van der Waals surface area (Å²) < 4.78 is 0. The molecule has 4 rings (SSSR count). The lowest BCUT2D eigenvalue weighted by molar-refractivity contribution is -0.133. The van der Waals surface area contributed by atoms with Crippen LogP contribution in [0.15, 0.2) is 97.1 Å². The Hall–Kier alpha value is -4.96. The Morgan fingerprint density at radius 1 is 0.705 bits per heavy atom. The number of nitrogens with one attached hydrogen (secondary N) is 3. The van der Waals surface area contributed by atoms with Gasteiger partial charge in [-0.15, -0.1) is 0 Å². The number of amides is 4. The highest BCUT2D eigenvalue weighted by atomic mass is 16.3. The maximum atomic E-state index is 13.7. The first kappa shape index (κ1) is 32.0. The Balaban J connectivity index is 1.45. The fourth-order valence-corrected chi connectivity index (χ4v) is 5.21. The first-order valence-electron chi connectivity index (χ1n) is 14.7. The molecule has 1 aliphatic rings. The van der Waals surface area contributed by atoms with Gasteiger partial charge in [0.15, 0.2) is 0 Å². The average molecular weight is 598 g/mol. The quantitative estimate of drug-likeness (QED) is 0.163. The summed E-state index contributed by atoms with van der Waals surface area (Å²) in [5, 5.41) is 18.0. The van der Waals surface area contributed by atoms with Crippen LogP contribution in [0, 0.1) is 5.92 Å². The van der Waals surface area contributed by atoms with Crippen LogP contribution in [0.5, 0.6) is 5.75 Å². The molecule has 4 amide bonds. The molecule has 0 bridgehead atoms. The van der Waals surface area contributed by atoms with Crippen molar-refractivity contribution in [3.63, 3.8) is 0 Å². The molecule has 0 heterocycles. The van der Waals surface area contributed by atoms with Gasteiger partial charge in [-0.1, -0.05) is 84.9 Å². The van der Waals surface area contributed by atoms with Crippen molar-refractivity contribution in [3.05, 3.63) is 114 Å². The lowest BCUT2D eigenvalue weighted by Crippen LogP contribution is -2.57. The Morgan fingerprint density at radius 2 is 1.25 bits per heavy atom. The monoisotopic (exact) mass is 597 g/mol. The highest BCUT2D eigenvalue weighted by Crippen LogP contribution is 2.21. The number of carbonyl (C=O) groups is 4. The van der Waals surface area contributed by atoms with Crippen molar-refractivity contribution in [2.45, 2.75) is 56.3 Å². The zero-order valence-electron chi connectivity index (χ0n) is 24.4. The maximum absolute atomic E-state index is 13.7. The molecule has 0 saturated carbocycles. The Kier molecular flexibility index (Phi) is 11.3. The third kappa shape index (κ3) is 9.27. The van der Waals surface area contributed by atoms with Gasteiger partial charge in [-0.2, -0.15) is 0 Å². The number of phenols is 1. The molecule has 0 spiro atoms. The molecule has 0 aromatic heterocycles. The van der Waals surface area contributed by atoms with Crippen LogP contribution >= 0.6 is 0 Å². The lowest BCUT2D eigenvalue weighted by Gasteiger charge is -2.31. The highest BCUT2D eigenvalue weighted by molar-refractivity contribution is 5.93. The largest absolute Gasteiger partial charge is 0.508 e. The number of phenolic OH excluding ortho intramolecular Hbond substituents is 1. The van der Waals surface area contributed by atoms with Crippen molar-refractivity contribution < 1.29 is 24.3 Å². The molecular formula is C34H39N5O5. The minimum atomic E-state index is -0.999. The van der Waals surface area contributed by atoms with Crippen LogP contribution in [0.2, 0.25) is 0 Å². The summed E-state index contributed by atoms with van der Waals surface area (Å²) in [7, 11) is 0. The number of allylic oxidation sites excluding steroid dienone is 1. The fraction of sp³-hybridized carbons (Fsp3) is 0.294. The van der Waals surface area contributed by atoms with E-state index in [1.165, 1.54) is 12.1 Å². The van der Waals surface area contributed by atoms with Crippen molar-refractivity contribution in [1.82, 2.24) is 16.0 Å². The van der Waals surface area contributed by atoms with Crippen molar-refractivity contribution in [2.75, 3.05) is 0 Å². The van der Waals surface area contributed by atoms with Crippen LogP contribution < -0.4 is 27.4 Å². The second kappa shape index (κ2) is 15.5. The molecule has 0 aliphatic heterocycles. The van der Waals surface area contributed by atoms with E-state index in [9.17, 15) is 24.3 Å². The van der Waals surface area contributed by atoms with E-state index in [1.54, 1.807) is 12.1 Å². The van der Waals surface area contributed by atoms with E-state index in [-0.39, 0.29) is 25.0 Å². The second-order valence-corrected chi connectivity index (χ2v) is 11.0. The van der Waals surface area contributed by atoms with Crippen LogP contribution in [-0.4, -0.2) is 52.9 Å². The average Bonchev–Trinajstić information content (AvgIpc) is 3.02. The number of hydrogen-bond donors (Lipinski definition) is 6. The van der Waals surface area contributed by atoms with E-state index in [4.69, 9.17) is 11.5 Å². The summed E-state index contributed by atoms with van der Waals surface area (Å²) in [6, 6.07) is 21.5. The van der Waals surface area contributed by atoms with Gasteiger partial charge < -0.3 is 32.5 Å². The van der Waals surface area contributed by atoms with Crippen molar-refractivity contribution in [2.24, 2.45) is 17.4 Å². The summed E-state index contributed by atoms with van der Waals surface area (Å²) in [5.74, 6) is -2.55. The third-order valence-electron chi connectivity index (χ3n) is 7.68. The topological polar surface area (TPSA) is 177 Å². The van der Waals surface area contributed by atoms with Crippen LogP contribution in [0.25, 0.3) is 0 Å². The number of hydrogen-bond acceptors (Lipinski definition) is 6. The van der Waals surface area contributed by atoms with E-state index in [0.29, 0.717) is 12.8 Å². The zero-order valence-corrected chi connectivity index (χ0v) is 24.4. The van der Waals surface area contributed by atoms with Gasteiger partial charge in [-0.05, 0) is 48.1 Å². The molecule has 3 aromatic carbocycles. The van der Waals surface area contributed by atoms with Crippen molar-refractivity contribution in [3.8, 4) is 5.75 Å². The van der Waals surface area contributed by atoms with Gasteiger partial charge in [0.05, 0.1) is 12.0 Å². The summed E-state index contributed by atoms with van der Waals surface area (Å²) in [4.78, 5) is 52.5. The second-order valence-electron chi connectivity index (χ2n) is 11.0. The molecule has 44 heavy (non-hydrogen) atoms. The van der Waals surface area contributed by atoms with Gasteiger partial charge in [-0.3, -0.25) is 19.2 Å². The predicted molar refractivity (Wildman–Crippen MR) is 167 cm³/mol. The summed E-state index contributed by atoms with van der Waals surface area (Å²) in [6.45, 7) is 0. The molecule has 10 nitrogen and oxygen atoms in total. The highest BCUT2D eigenvalue weighted by Gasteiger charge is 2.34. The molecule has 8 N–H and O–H groups in total. The van der Waals surface area contributed by atoms with E-state index < -0.39 is 53.7 Å². The van der Waals surface area contributed by atoms with Gasteiger partial charge in [0.25, 0.3) is 0 Å². The number of nitrogens with two attached hydrogens (primary N) is 2. The molecule has 0 saturated heterocycles. The van der Waals surface area contributed by atoms with E-state index in [0.717, 1.165) is 16.7 Å². The van der Waals surface area contributed by atoms with Crippen LogP contribution in [0.4, 0.5) is 0 Å². The summed E-state index contributed by atoms with van der Waals surface area (Å²) in [6.07, 6.45) is 5.21. The summed E-state index contributed by atoms with van der Waals surface area (Å²) >= 11 is 0. The molecule has 10 heteroatoms. The molecule has 0 radical (unpaired) electrons. The smallest absolute Gasteiger partial charge is 0.243 e. The minimum Gasteiger partial charge on any atom is -0.508 e. The molecule has 1 aliphatic carbocycles. The van der Waals surface area contributed by atoms with Gasteiger partial charge >= 0.3 is 0 Å². The van der Waals surface area contributed by atoms with Gasteiger partial charge in [0.1, 0.15) is 17.8 Å². The van der Waals surface area contributed by atoms with E-state index in [1.807, 2.05) is 72.8 Å². The van der Waals surface area contributed by atoms with Gasteiger partial charge in [0.2, 0.25) is 23.6 Å². The Labute approximate surface area is 256 Å². The van der Waals surface area contributed by atoms with Crippen molar-refractivity contribution in [1.29, 1.82) is 0 Å². The van der Waals surface area contributed by atoms with Crippen molar-refractivity contribution >= 4 is 23.6 Å². The molecular weight excluding hydrogens is 558 g/mol. The van der Waals surface area contributed by atoms with Gasteiger partial charge in [-0.25, -0.2) is 0 Å². The maximum Gasteiger partial charge on any atom is 0.243 e. The standard InChI is InChI=1S/C34H39N5O5/c35-27(19-24-15-17-25(40)18-16-24)33(43)37-28-14-8-7-13-26(28)32(42)39-30(21-23-11-5-2-6-12-23)34(44)38-29(31(36)41)20-22-9-3-1-4-10-22/h1-12,15-18,26-30,40H,13-14,19-21,35H2,(H2,36,41)(H,37,43)(H,38,44)(H,39,42)/t26-,27+,28-,29+,30+/m1/s1. The van der Waals surface area contributed by atoms with Crippen LogP contribution in [-0.2, 0) is 38.4 Å². The number of benzene rings is 3. The fourth-order valence-electron chi connectivity index (χ4n) is 5.21. The van der Waals surface area contributed by atoms with Crippen LogP contribution in [0.1, 0.15) is 29.5 Å². The van der Waals surface area contributed by atoms with Crippen LogP contribution in [0.3, 0.4) is 0 Å². The molecule has 5 atom stereocenters. The molecule has 3 aromatic rings. The lowest BCUT2D eigenvalue weighted by atomic mass is 9.87. The predicted octanol–water partition coefficient (Wildman–Crippen LogP) is 1.65.